The Balaban J connectivity index is 2.38. The third-order valence-electron chi connectivity index (χ3n) is 4.46. The maximum atomic E-state index is 12.6. The lowest BCUT2D eigenvalue weighted by molar-refractivity contribution is -0.136. The van der Waals surface area contributed by atoms with Crippen LogP contribution in [-0.2, 0) is 4.79 Å². The zero-order valence-electron chi connectivity index (χ0n) is 13.8. The molecule has 20 heavy (non-hydrogen) atoms. The molecule has 1 aliphatic rings. The lowest BCUT2D eigenvalue weighted by atomic mass is 9.92. The molecule has 0 radical (unpaired) electrons. The summed E-state index contributed by atoms with van der Waals surface area (Å²) in [5, 5.41) is 3.42. The molecule has 0 aromatic carbocycles. The first-order valence-electron chi connectivity index (χ1n) is 8.36. The number of nitrogens with one attached hydrogen (secondary N) is 1. The zero-order chi connectivity index (χ0) is 15.0. The Morgan fingerprint density at radius 3 is 2.40 bits per heavy atom. The van der Waals surface area contributed by atoms with Crippen LogP contribution < -0.4 is 5.32 Å². The first kappa shape index (κ1) is 17.4. The molecule has 0 aromatic heterocycles. The van der Waals surface area contributed by atoms with E-state index in [-0.39, 0.29) is 5.92 Å². The van der Waals surface area contributed by atoms with Gasteiger partial charge >= 0.3 is 0 Å². The topological polar surface area (TPSA) is 35.6 Å². The highest BCUT2D eigenvalue weighted by Gasteiger charge is 2.27. The molecule has 1 rings (SSSR count). The van der Waals surface area contributed by atoms with Gasteiger partial charge in [0.15, 0.2) is 0 Å². The molecule has 0 saturated carbocycles. The van der Waals surface area contributed by atoms with E-state index in [1.54, 1.807) is 0 Å². The molecule has 1 fully saturated rings. The first-order chi connectivity index (χ1) is 9.62. The Bertz CT molecular complexity index is 279. The Hall–Kier alpha value is -0.610. The van der Waals surface area contributed by atoms with E-state index in [1.165, 1.54) is 0 Å². The molecule has 1 heterocycles. The summed E-state index contributed by atoms with van der Waals surface area (Å²) in [4.78, 5) is 17.1. The largest absolute Gasteiger partial charge is 0.343 e. The predicted molar refractivity (Wildman–Crippen MR) is 84.8 cm³/mol. The van der Waals surface area contributed by atoms with Crippen molar-refractivity contribution in [3.05, 3.63) is 0 Å². The minimum absolute atomic E-state index is 0.236. The van der Waals surface area contributed by atoms with Crippen LogP contribution in [0.2, 0.25) is 0 Å². The third-order valence-corrected chi connectivity index (χ3v) is 4.46. The molecule has 118 valence electrons. The molecule has 0 aromatic rings. The molecule has 2 atom stereocenters. The van der Waals surface area contributed by atoms with Crippen molar-refractivity contribution >= 4 is 5.91 Å². The quantitative estimate of drug-likeness (QED) is 0.739. The third kappa shape index (κ3) is 5.41. The van der Waals surface area contributed by atoms with Gasteiger partial charge in [-0.2, -0.15) is 0 Å². The molecule has 0 spiro atoms. The number of piperidine rings is 1. The van der Waals surface area contributed by atoms with E-state index in [2.05, 4.69) is 42.8 Å². The Morgan fingerprint density at radius 2 is 1.85 bits per heavy atom. The van der Waals surface area contributed by atoms with Gasteiger partial charge < -0.3 is 15.1 Å². The second-order valence-electron chi connectivity index (χ2n) is 5.87. The SMILES string of the molecule is CCN(CC)CCCN(CC)C(=O)C1CCNC(C)C1. The van der Waals surface area contributed by atoms with Crippen molar-refractivity contribution in [2.45, 2.75) is 53.0 Å². The van der Waals surface area contributed by atoms with E-state index < -0.39 is 0 Å². The Kier molecular flexibility index (Phi) is 8.15. The van der Waals surface area contributed by atoms with Crippen LogP contribution in [0.4, 0.5) is 0 Å². The first-order valence-corrected chi connectivity index (χ1v) is 8.36. The number of hydrogen-bond donors (Lipinski definition) is 1. The summed E-state index contributed by atoms with van der Waals surface area (Å²) in [7, 11) is 0. The zero-order valence-corrected chi connectivity index (χ0v) is 13.8. The molecule has 4 nitrogen and oxygen atoms in total. The molecule has 0 bridgehead atoms. The summed E-state index contributed by atoms with van der Waals surface area (Å²) < 4.78 is 0. The van der Waals surface area contributed by atoms with Crippen LogP contribution in [-0.4, -0.2) is 61.0 Å². The Labute approximate surface area is 124 Å². The fourth-order valence-corrected chi connectivity index (χ4v) is 3.06. The maximum absolute atomic E-state index is 12.6. The van der Waals surface area contributed by atoms with Gasteiger partial charge in [-0.25, -0.2) is 0 Å². The highest BCUT2D eigenvalue weighted by Crippen LogP contribution is 2.19. The van der Waals surface area contributed by atoms with Crippen LogP contribution in [0, 0.1) is 5.92 Å². The predicted octanol–water partition coefficient (Wildman–Crippen LogP) is 1.95. The molecule has 1 aliphatic heterocycles. The molecule has 1 N–H and O–H groups in total. The molecular weight excluding hydrogens is 250 g/mol. The van der Waals surface area contributed by atoms with Crippen molar-refractivity contribution in [1.29, 1.82) is 0 Å². The molecule has 1 saturated heterocycles. The summed E-state index contributed by atoms with van der Waals surface area (Å²) in [6.45, 7) is 14.7. The normalized spacial score (nSPS) is 23.1. The van der Waals surface area contributed by atoms with Crippen LogP contribution in [0.25, 0.3) is 0 Å². The van der Waals surface area contributed by atoms with Gasteiger partial charge in [-0.15, -0.1) is 0 Å². The minimum Gasteiger partial charge on any atom is -0.343 e. The van der Waals surface area contributed by atoms with Crippen LogP contribution in [0.1, 0.15) is 47.0 Å². The van der Waals surface area contributed by atoms with Crippen LogP contribution in [0.3, 0.4) is 0 Å². The lowest BCUT2D eigenvalue weighted by Gasteiger charge is -2.32. The van der Waals surface area contributed by atoms with Gasteiger partial charge in [0.1, 0.15) is 0 Å². The van der Waals surface area contributed by atoms with Crippen molar-refractivity contribution in [2.75, 3.05) is 39.3 Å². The maximum Gasteiger partial charge on any atom is 0.225 e. The standard InChI is InChI=1S/C16H33N3O/c1-5-18(6-2)11-8-12-19(7-3)16(20)15-9-10-17-14(4)13-15/h14-15,17H,5-13H2,1-4H3. The van der Waals surface area contributed by atoms with Crippen LogP contribution in [0.15, 0.2) is 0 Å². The van der Waals surface area contributed by atoms with E-state index in [4.69, 9.17) is 0 Å². The summed E-state index contributed by atoms with van der Waals surface area (Å²) >= 11 is 0. The number of rotatable bonds is 8. The van der Waals surface area contributed by atoms with Crippen molar-refractivity contribution in [1.82, 2.24) is 15.1 Å². The minimum atomic E-state index is 0.236. The van der Waals surface area contributed by atoms with Crippen molar-refractivity contribution in [3.63, 3.8) is 0 Å². The van der Waals surface area contributed by atoms with Crippen LogP contribution >= 0.6 is 0 Å². The number of amides is 1. The Morgan fingerprint density at radius 1 is 1.15 bits per heavy atom. The fourth-order valence-electron chi connectivity index (χ4n) is 3.06. The number of carbonyl (C=O) groups excluding carboxylic acids is 1. The summed E-state index contributed by atoms with van der Waals surface area (Å²) in [6.07, 6.45) is 3.07. The average molecular weight is 283 g/mol. The second kappa shape index (κ2) is 9.35. The molecule has 1 amide bonds. The number of hydrogen-bond acceptors (Lipinski definition) is 3. The summed E-state index contributed by atoms with van der Waals surface area (Å²) in [6, 6.07) is 0.479. The second-order valence-corrected chi connectivity index (χ2v) is 5.87. The monoisotopic (exact) mass is 283 g/mol. The molecule has 2 unspecified atom stereocenters. The molecule has 0 aliphatic carbocycles. The summed E-state index contributed by atoms with van der Waals surface area (Å²) in [5.41, 5.74) is 0. The van der Waals surface area contributed by atoms with Gasteiger partial charge in [-0.1, -0.05) is 13.8 Å². The van der Waals surface area contributed by atoms with Crippen molar-refractivity contribution in [3.8, 4) is 0 Å². The van der Waals surface area contributed by atoms with Gasteiger partial charge in [-0.05, 0) is 59.3 Å². The fraction of sp³-hybridized carbons (Fsp3) is 0.938. The van der Waals surface area contributed by atoms with Gasteiger partial charge in [0.05, 0.1) is 0 Å². The van der Waals surface area contributed by atoms with Gasteiger partial charge in [-0.3, -0.25) is 4.79 Å². The van der Waals surface area contributed by atoms with E-state index in [0.29, 0.717) is 11.9 Å². The molecule has 4 heteroatoms. The van der Waals surface area contributed by atoms with E-state index in [9.17, 15) is 4.79 Å². The van der Waals surface area contributed by atoms with Gasteiger partial charge in [0.2, 0.25) is 5.91 Å². The van der Waals surface area contributed by atoms with Gasteiger partial charge in [0, 0.05) is 25.0 Å². The van der Waals surface area contributed by atoms with E-state index in [0.717, 1.165) is 58.5 Å². The van der Waals surface area contributed by atoms with Crippen molar-refractivity contribution in [2.24, 2.45) is 5.92 Å². The smallest absolute Gasteiger partial charge is 0.225 e. The number of nitrogens with zero attached hydrogens (tertiary/aromatic N) is 2. The van der Waals surface area contributed by atoms with Crippen molar-refractivity contribution < 1.29 is 4.79 Å². The number of carbonyl (C=O) groups is 1. The molecular formula is C16H33N3O. The summed E-state index contributed by atoms with van der Waals surface area (Å²) in [5.74, 6) is 0.611. The average Bonchev–Trinajstić information content (AvgIpc) is 2.47. The van der Waals surface area contributed by atoms with E-state index in [1.807, 2.05) is 0 Å². The van der Waals surface area contributed by atoms with Crippen LogP contribution in [0.5, 0.6) is 0 Å². The highest BCUT2D eigenvalue weighted by molar-refractivity contribution is 5.79. The van der Waals surface area contributed by atoms with E-state index >= 15 is 0 Å². The van der Waals surface area contributed by atoms with Gasteiger partial charge in [0.25, 0.3) is 0 Å². The lowest BCUT2D eigenvalue weighted by Crippen LogP contribution is -2.44. The highest BCUT2D eigenvalue weighted by atomic mass is 16.2.